The molecule has 3 rings (SSSR count). The van der Waals surface area contributed by atoms with Crippen LogP contribution in [0.4, 0.5) is 5.69 Å². The number of halogens is 2. The van der Waals surface area contributed by atoms with Gasteiger partial charge in [-0.1, -0.05) is 46.8 Å². The Morgan fingerprint density at radius 2 is 2.05 bits per heavy atom. The van der Waals surface area contributed by atoms with E-state index in [2.05, 4.69) is 15.9 Å². The Morgan fingerprint density at radius 3 is 2.67 bits per heavy atom. The lowest BCUT2D eigenvalue weighted by molar-refractivity contribution is -0.385. The maximum absolute atomic E-state index is 10.9. The van der Waals surface area contributed by atoms with Crippen LogP contribution in [-0.4, -0.2) is 15.9 Å². The summed E-state index contributed by atoms with van der Waals surface area (Å²) in [6.45, 7) is 0. The summed E-state index contributed by atoms with van der Waals surface area (Å²) in [4.78, 5) is 10.9. The number of hydrogen-bond acceptors (Lipinski definition) is 3. The van der Waals surface area contributed by atoms with Crippen molar-refractivity contribution >= 4 is 33.2 Å². The number of benzene rings is 1. The van der Waals surface area contributed by atoms with Gasteiger partial charge in [-0.3, -0.25) is 10.1 Å². The number of nitro groups is 1. The molecule has 2 atom stereocenters. The molecule has 2 aliphatic rings. The van der Waals surface area contributed by atoms with Gasteiger partial charge in [0.15, 0.2) is 0 Å². The number of non-ortho nitro benzene ring substituents is 1. The molecule has 2 saturated carbocycles. The molecule has 1 aromatic rings. The van der Waals surface area contributed by atoms with E-state index in [1.54, 1.807) is 0 Å². The molecule has 6 heteroatoms. The summed E-state index contributed by atoms with van der Waals surface area (Å²) in [6, 6.07) is 4.37. The molecule has 4 nitrogen and oxygen atoms in total. The second-order valence-electron chi connectivity index (χ2n) is 5.98. The first-order chi connectivity index (χ1) is 10.0. The molecule has 114 valence electrons. The maximum atomic E-state index is 10.9. The highest BCUT2D eigenvalue weighted by atomic mass is 79.9. The Labute approximate surface area is 137 Å². The van der Waals surface area contributed by atoms with Gasteiger partial charge in [0, 0.05) is 16.3 Å². The highest BCUT2D eigenvalue weighted by Gasteiger charge is 2.55. The highest BCUT2D eigenvalue weighted by Crippen LogP contribution is 2.56. The molecule has 0 aliphatic heterocycles. The fourth-order valence-corrected chi connectivity index (χ4v) is 4.81. The SMILES string of the molecule is O=[N+]([O-])c1ccc(Cl)c(OC2CC(Br)C23CCCCC3)c1. The van der Waals surface area contributed by atoms with Crippen LogP contribution in [0.1, 0.15) is 38.5 Å². The van der Waals surface area contributed by atoms with Gasteiger partial charge in [0.1, 0.15) is 11.9 Å². The highest BCUT2D eigenvalue weighted by molar-refractivity contribution is 9.09. The Kier molecular flexibility index (Phi) is 4.14. The van der Waals surface area contributed by atoms with Crippen LogP contribution in [0.5, 0.6) is 5.75 Å². The Morgan fingerprint density at radius 1 is 1.33 bits per heavy atom. The molecular formula is C15H17BrClNO3. The maximum Gasteiger partial charge on any atom is 0.273 e. The van der Waals surface area contributed by atoms with Gasteiger partial charge in [0.05, 0.1) is 16.0 Å². The van der Waals surface area contributed by atoms with E-state index in [-0.39, 0.29) is 17.2 Å². The van der Waals surface area contributed by atoms with E-state index in [1.807, 2.05) is 0 Å². The van der Waals surface area contributed by atoms with Gasteiger partial charge in [-0.05, 0) is 25.3 Å². The standard InChI is InChI=1S/C15H17BrClNO3/c16-13-9-14(15(13)6-2-1-3-7-15)21-12-8-10(18(19)20)4-5-11(12)17/h4-5,8,13-14H,1-3,6-7,9H2. The first-order valence-corrected chi connectivity index (χ1v) is 8.57. The number of hydrogen-bond donors (Lipinski definition) is 0. The molecule has 0 saturated heterocycles. The van der Waals surface area contributed by atoms with Crippen molar-refractivity contribution < 1.29 is 9.66 Å². The van der Waals surface area contributed by atoms with Crippen molar-refractivity contribution in [2.45, 2.75) is 49.5 Å². The summed E-state index contributed by atoms with van der Waals surface area (Å²) >= 11 is 9.90. The Bertz CT molecular complexity index is 560. The summed E-state index contributed by atoms with van der Waals surface area (Å²) < 4.78 is 6.07. The quantitative estimate of drug-likeness (QED) is 0.419. The van der Waals surface area contributed by atoms with Crippen molar-refractivity contribution in [3.8, 4) is 5.75 Å². The molecular weight excluding hydrogens is 358 g/mol. The van der Waals surface area contributed by atoms with E-state index in [4.69, 9.17) is 16.3 Å². The van der Waals surface area contributed by atoms with Crippen LogP contribution in [0, 0.1) is 15.5 Å². The van der Waals surface area contributed by atoms with Crippen molar-refractivity contribution in [2.24, 2.45) is 5.41 Å². The van der Waals surface area contributed by atoms with Crippen LogP contribution >= 0.6 is 27.5 Å². The summed E-state index contributed by atoms with van der Waals surface area (Å²) in [6.07, 6.45) is 7.07. The van der Waals surface area contributed by atoms with Crippen molar-refractivity contribution in [3.63, 3.8) is 0 Å². The normalized spacial score (nSPS) is 27.1. The van der Waals surface area contributed by atoms with Crippen molar-refractivity contribution in [1.29, 1.82) is 0 Å². The summed E-state index contributed by atoms with van der Waals surface area (Å²) in [7, 11) is 0. The fourth-order valence-electron chi connectivity index (χ4n) is 3.56. The summed E-state index contributed by atoms with van der Waals surface area (Å²) in [5, 5.41) is 11.3. The first kappa shape index (κ1) is 15.1. The largest absolute Gasteiger partial charge is 0.488 e. The van der Waals surface area contributed by atoms with Crippen LogP contribution in [0.2, 0.25) is 5.02 Å². The van der Waals surface area contributed by atoms with Crippen LogP contribution in [-0.2, 0) is 0 Å². The monoisotopic (exact) mass is 373 g/mol. The predicted octanol–water partition coefficient (Wildman–Crippen LogP) is 5.11. The van der Waals surface area contributed by atoms with Gasteiger partial charge in [0.25, 0.3) is 5.69 Å². The van der Waals surface area contributed by atoms with E-state index in [0.29, 0.717) is 15.6 Å². The first-order valence-electron chi connectivity index (χ1n) is 7.27. The lowest BCUT2D eigenvalue weighted by atomic mass is 9.58. The minimum Gasteiger partial charge on any atom is -0.488 e. The summed E-state index contributed by atoms with van der Waals surface area (Å²) in [5.74, 6) is 0.431. The molecule has 2 fully saturated rings. The van der Waals surface area contributed by atoms with Gasteiger partial charge in [-0.25, -0.2) is 0 Å². The second kappa shape index (κ2) is 5.76. The third-order valence-electron chi connectivity index (χ3n) is 4.87. The molecule has 2 aliphatic carbocycles. The van der Waals surface area contributed by atoms with Gasteiger partial charge in [0.2, 0.25) is 0 Å². The zero-order valence-electron chi connectivity index (χ0n) is 11.6. The number of rotatable bonds is 3. The van der Waals surface area contributed by atoms with Crippen molar-refractivity contribution in [3.05, 3.63) is 33.3 Å². The molecule has 21 heavy (non-hydrogen) atoms. The van der Waals surface area contributed by atoms with Gasteiger partial charge in [-0.15, -0.1) is 0 Å². The minimum atomic E-state index is -0.423. The third kappa shape index (κ3) is 2.66. The zero-order chi connectivity index (χ0) is 15.0. The molecule has 1 aromatic carbocycles. The lowest BCUT2D eigenvalue weighted by Crippen LogP contribution is -2.57. The van der Waals surface area contributed by atoms with Crippen LogP contribution in [0.3, 0.4) is 0 Å². The molecule has 0 radical (unpaired) electrons. The van der Waals surface area contributed by atoms with Gasteiger partial charge >= 0.3 is 0 Å². The molecule has 1 spiro atoms. The number of alkyl halides is 1. The average Bonchev–Trinajstić information content (AvgIpc) is 2.49. The summed E-state index contributed by atoms with van der Waals surface area (Å²) in [5.41, 5.74) is 0.188. The Balaban J connectivity index is 1.80. The van der Waals surface area contributed by atoms with E-state index in [1.165, 1.54) is 37.5 Å². The molecule has 2 unspecified atom stereocenters. The van der Waals surface area contributed by atoms with Crippen molar-refractivity contribution in [2.75, 3.05) is 0 Å². The lowest BCUT2D eigenvalue weighted by Gasteiger charge is -2.55. The van der Waals surface area contributed by atoms with Crippen LogP contribution in [0.15, 0.2) is 18.2 Å². The molecule has 0 N–H and O–H groups in total. The third-order valence-corrected chi connectivity index (χ3v) is 6.46. The topological polar surface area (TPSA) is 52.4 Å². The van der Waals surface area contributed by atoms with Crippen LogP contribution < -0.4 is 4.74 Å². The second-order valence-corrected chi connectivity index (χ2v) is 7.49. The average molecular weight is 375 g/mol. The van der Waals surface area contributed by atoms with Crippen molar-refractivity contribution in [1.82, 2.24) is 0 Å². The van der Waals surface area contributed by atoms with Gasteiger partial charge in [-0.2, -0.15) is 0 Å². The molecule has 0 bridgehead atoms. The van der Waals surface area contributed by atoms with E-state index >= 15 is 0 Å². The van der Waals surface area contributed by atoms with Gasteiger partial charge < -0.3 is 4.74 Å². The van der Waals surface area contributed by atoms with E-state index < -0.39 is 4.92 Å². The van der Waals surface area contributed by atoms with E-state index in [9.17, 15) is 10.1 Å². The van der Waals surface area contributed by atoms with Crippen LogP contribution in [0.25, 0.3) is 0 Å². The number of nitrogens with zero attached hydrogens (tertiary/aromatic N) is 1. The Hall–Kier alpha value is -0.810. The molecule has 0 amide bonds. The van der Waals surface area contributed by atoms with E-state index in [0.717, 1.165) is 19.3 Å². The zero-order valence-corrected chi connectivity index (χ0v) is 13.9. The number of nitro benzene ring substituents is 1. The fraction of sp³-hybridized carbons (Fsp3) is 0.600. The predicted molar refractivity (Wildman–Crippen MR) is 85.4 cm³/mol. The number of ether oxygens (including phenoxy) is 1. The molecule has 0 aromatic heterocycles. The molecule has 0 heterocycles. The minimum absolute atomic E-state index is 0.0156. The smallest absolute Gasteiger partial charge is 0.273 e.